The summed E-state index contributed by atoms with van der Waals surface area (Å²) in [6.07, 6.45) is 3.91. The number of rotatable bonds is 2. The predicted molar refractivity (Wildman–Crippen MR) is 103 cm³/mol. The Kier molecular flexibility index (Phi) is 4.36. The summed E-state index contributed by atoms with van der Waals surface area (Å²) < 4.78 is 0. The molecule has 4 rings (SSSR count). The van der Waals surface area contributed by atoms with Crippen LogP contribution in [0, 0.1) is 5.41 Å². The summed E-state index contributed by atoms with van der Waals surface area (Å²) in [4.78, 5) is 15.3. The van der Waals surface area contributed by atoms with E-state index in [1.165, 1.54) is 11.1 Å². The molecule has 1 atom stereocenters. The third-order valence-corrected chi connectivity index (χ3v) is 6.35. The van der Waals surface area contributed by atoms with Crippen LogP contribution in [0.1, 0.15) is 42.9 Å². The van der Waals surface area contributed by atoms with E-state index >= 15 is 0 Å². The monoisotopic (exact) mass is 349 g/mol. The van der Waals surface area contributed by atoms with Gasteiger partial charge in [-0.1, -0.05) is 61.5 Å². The van der Waals surface area contributed by atoms with Gasteiger partial charge in [0.15, 0.2) is 0 Å². The van der Waals surface area contributed by atoms with Gasteiger partial charge in [-0.15, -0.1) is 0 Å². The highest BCUT2D eigenvalue weighted by molar-refractivity contribution is 5.83. The predicted octanol–water partition coefficient (Wildman–Crippen LogP) is 3.69. The maximum atomic E-state index is 13.3. The number of piperidine rings is 1. The standard InChI is InChI=1S/C23H27NO2/c1-22(12-11-18-7-5-6-8-19(18)17-22)21(25)24-15-13-23(26,14-16-24)20-9-3-2-4-10-20/h2-10,26H,11-17H2,1H3. The normalized spacial score (nSPS) is 24.8. The van der Waals surface area contributed by atoms with Crippen molar-refractivity contribution in [3.05, 3.63) is 71.3 Å². The quantitative estimate of drug-likeness (QED) is 0.898. The Bertz CT molecular complexity index is 793. The number of amides is 1. The van der Waals surface area contributed by atoms with Crippen molar-refractivity contribution in [1.82, 2.24) is 4.90 Å². The number of nitrogens with zero attached hydrogens (tertiary/aromatic N) is 1. The van der Waals surface area contributed by atoms with E-state index < -0.39 is 5.60 Å². The van der Waals surface area contributed by atoms with Gasteiger partial charge in [-0.25, -0.2) is 0 Å². The largest absolute Gasteiger partial charge is 0.385 e. The van der Waals surface area contributed by atoms with Crippen LogP contribution in [0.3, 0.4) is 0 Å². The number of likely N-dealkylation sites (tertiary alicyclic amines) is 1. The van der Waals surface area contributed by atoms with Crippen LogP contribution >= 0.6 is 0 Å². The van der Waals surface area contributed by atoms with E-state index in [4.69, 9.17) is 0 Å². The van der Waals surface area contributed by atoms with E-state index in [9.17, 15) is 9.90 Å². The van der Waals surface area contributed by atoms with E-state index in [1.54, 1.807) is 0 Å². The van der Waals surface area contributed by atoms with Crippen LogP contribution in [-0.4, -0.2) is 29.0 Å². The summed E-state index contributed by atoms with van der Waals surface area (Å²) in [5.74, 6) is 0.252. The zero-order chi connectivity index (χ0) is 18.2. The molecule has 2 aromatic carbocycles. The highest BCUT2D eigenvalue weighted by atomic mass is 16.3. The summed E-state index contributed by atoms with van der Waals surface area (Å²) in [6, 6.07) is 18.3. The molecule has 0 bridgehead atoms. The van der Waals surface area contributed by atoms with Gasteiger partial charge in [0.05, 0.1) is 11.0 Å². The minimum atomic E-state index is -0.807. The maximum Gasteiger partial charge on any atom is 0.228 e. The molecule has 0 spiro atoms. The van der Waals surface area contributed by atoms with Crippen LogP contribution in [0.2, 0.25) is 0 Å². The lowest BCUT2D eigenvalue weighted by atomic mass is 9.71. The molecule has 3 heteroatoms. The third kappa shape index (κ3) is 3.05. The molecule has 1 fully saturated rings. The zero-order valence-corrected chi connectivity index (χ0v) is 15.4. The Hall–Kier alpha value is -2.13. The number of hydrogen-bond acceptors (Lipinski definition) is 2. The van der Waals surface area contributed by atoms with Crippen LogP contribution < -0.4 is 0 Å². The fourth-order valence-electron chi connectivity index (χ4n) is 4.57. The van der Waals surface area contributed by atoms with E-state index in [2.05, 4.69) is 31.2 Å². The first-order valence-corrected chi connectivity index (χ1v) is 9.64. The van der Waals surface area contributed by atoms with Crippen molar-refractivity contribution in [1.29, 1.82) is 0 Å². The molecule has 3 nitrogen and oxygen atoms in total. The molecular weight excluding hydrogens is 322 g/mol. The topological polar surface area (TPSA) is 40.5 Å². The van der Waals surface area contributed by atoms with Crippen molar-refractivity contribution in [2.24, 2.45) is 5.41 Å². The van der Waals surface area contributed by atoms with Crippen LogP contribution in [0.5, 0.6) is 0 Å². The van der Waals surface area contributed by atoms with Gasteiger partial charge in [0.2, 0.25) is 5.91 Å². The number of carbonyl (C=O) groups excluding carboxylic acids is 1. The smallest absolute Gasteiger partial charge is 0.228 e. The van der Waals surface area contributed by atoms with Crippen LogP contribution in [-0.2, 0) is 23.2 Å². The van der Waals surface area contributed by atoms with Crippen LogP contribution in [0.15, 0.2) is 54.6 Å². The molecule has 1 N–H and O–H groups in total. The molecule has 1 amide bonds. The van der Waals surface area contributed by atoms with Crippen molar-refractivity contribution < 1.29 is 9.90 Å². The lowest BCUT2D eigenvalue weighted by Crippen LogP contribution is -2.51. The number of aryl methyl sites for hydroxylation is 1. The van der Waals surface area contributed by atoms with Gasteiger partial charge < -0.3 is 10.0 Å². The minimum absolute atomic E-state index is 0.252. The molecule has 0 aromatic heterocycles. The molecule has 26 heavy (non-hydrogen) atoms. The first-order valence-electron chi connectivity index (χ1n) is 9.64. The molecular formula is C23H27NO2. The maximum absolute atomic E-state index is 13.3. The fraction of sp³-hybridized carbons (Fsp3) is 0.435. The van der Waals surface area contributed by atoms with E-state index in [0.29, 0.717) is 25.9 Å². The summed E-state index contributed by atoms with van der Waals surface area (Å²) in [6.45, 7) is 3.37. The second-order valence-corrected chi connectivity index (χ2v) is 8.20. The van der Waals surface area contributed by atoms with E-state index in [1.807, 2.05) is 35.2 Å². The van der Waals surface area contributed by atoms with Crippen molar-refractivity contribution in [3.63, 3.8) is 0 Å². The zero-order valence-electron chi connectivity index (χ0n) is 15.4. The molecule has 136 valence electrons. The van der Waals surface area contributed by atoms with Gasteiger partial charge in [-0.05, 0) is 48.8 Å². The van der Waals surface area contributed by atoms with Crippen molar-refractivity contribution in [2.45, 2.75) is 44.6 Å². The van der Waals surface area contributed by atoms with Crippen molar-refractivity contribution in [2.75, 3.05) is 13.1 Å². The highest BCUT2D eigenvalue weighted by Gasteiger charge is 2.42. The summed E-state index contributed by atoms with van der Waals surface area (Å²) in [5, 5.41) is 11.0. The molecule has 2 aromatic rings. The number of hydrogen-bond donors (Lipinski definition) is 1. The summed E-state index contributed by atoms with van der Waals surface area (Å²) in [5.41, 5.74) is 2.53. The Morgan fingerprint density at radius 2 is 1.54 bits per heavy atom. The Morgan fingerprint density at radius 1 is 0.923 bits per heavy atom. The SMILES string of the molecule is CC1(C(=O)N2CCC(O)(c3ccccc3)CC2)CCc2ccccc2C1. The second kappa shape index (κ2) is 6.55. The molecule has 1 saturated heterocycles. The van der Waals surface area contributed by atoms with E-state index in [-0.39, 0.29) is 11.3 Å². The first kappa shape index (κ1) is 17.3. The lowest BCUT2D eigenvalue weighted by Gasteiger charge is -2.43. The molecule has 1 heterocycles. The van der Waals surface area contributed by atoms with E-state index in [0.717, 1.165) is 24.8 Å². The van der Waals surface area contributed by atoms with Gasteiger partial charge in [0.1, 0.15) is 0 Å². The number of aliphatic hydroxyl groups is 1. The molecule has 1 aliphatic heterocycles. The Labute approximate surface area is 155 Å². The minimum Gasteiger partial charge on any atom is -0.385 e. The van der Waals surface area contributed by atoms with Crippen LogP contribution in [0.25, 0.3) is 0 Å². The van der Waals surface area contributed by atoms with Gasteiger partial charge in [-0.3, -0.25) is 4.79 Å². The van der Waals surface area contributed by atoms with Gasteiger partial charge >= 0.3 is 0 Å². The van der Waals surface area contributed by atoms with Gasteiger partial charge in [0.25, 0.3) is 0 Å². The average Bonchev–Trinajstić information content (AvgIpc) is 2.69. The molecule has 1 unspecified atom stereocenters. The van der Waals surface area contributed by atoms with Crippen LogP contribution in [0.4, 0.5) is 0 Å². The number of fused-ring (bicyclic) bond motifs is 1. The Balaban J connectivity index is 1.46. The number of carbonyl (C=O) groups is 1. The fourth-order valence-corrected chi connectivity index (χ4v) is 4.57. The number of benzene rings is 2. The van der Waals surface area contributed by atoms with Gasteiger partial charge in [0, 0.05) is 13.1 Å². The molecule has 0 radical (unpaired) electrons. The third-order valence-electron chi connectivity index (χ3n) is 6.35. The summed E-state index contributed by atoms with van der Waals surface area (Å²) in [7, 11) is 0. The second-order valence-electron chi connectivity index (χ2n) is 8.20. The van der Waals surface area contributed by atoms with Gasteiger partial charge in [-0.2, -0.15) is 0 Å². The highest BCUT2D eigenvalue weighted by Crippen LogP contribution is 2.39. The molecule has 0 saturated carbocycles. The van der Waals surface area contributed by atoms with Crippen molar-refractivity contribution >= 4 is 5.91 Å². The molecule has 2 aliphatic rings. The Morgan fingerprint density at radius 3 is 2.23 bits per heavy atom. The first-order chi connectivity index (χ1) is 12.5. The lowest BCUT2D eigenvalue weighted by molar-refractivity contribution is -0.146. The molecule has 1 aliphatic carbocycles. The van der Waals surface area contributed by atoms with Crippen molar-refractivity contribution in [3.8, 4) is 0 Å². The average molecular weight is 349 g/mol. The summed E-state index contributed by atoms with van der Waals surface area (Å²) >= 11 is 0.